The summed E-state index contributed by atoms with van der Waals surface area (Å²) >= 11 is 0. The van der Waals surface area contributed by atoms with Crippen LogP contribution in [0.3, 0.4) is 0 Å². The number of benzene rings is 1. The Hall–Kier alpha value is -1.83. The van der Waals surface area contributed by atoms with Crippen molar-refractivity contribution in [1.29, 1.82) is 0 Å². The van der Waals surface area contributed by atoms with E-state index in [1.807, 2.05) is 18.2 Å². The van der Waals surface area contributed by atoms with Crippen LogP contribution >= 0.6 is 0 Å². The molecule has 0 aromatic heterocycles. The smallest absolute Gasteiger partial charge is 0.330 e. The Morgan fingerprint density at radius 3 is 2.67 bits per heavy atom. The summed E-state index contributed by atoms with van der Waals surface area (Å²) in [6.45, 7) is 9.48. The molecule has 1 aromatic rings. The van der Waals surface area contributed by atoms with E-state index < -0.39 is 0 Å². The predicted molar refractivity (Wildman–Crippen MR) is 89.1 cm³/mol. The molecule has 1 unspecified atom stereocenters. The molecule has 0 aliphatic carbocycles. The highest BCUT2D eigenvalue weighted by atomic mass is 16.5. The van der Waals surface area contributed by atoms with Crippen molar-refractivity contribution >= 4 is 12.0 Å². The van der Waals surface area contributed by atoms with Crippen LogP contribution in [0.1, 0.15) is 50.2 Å². The Morgan fingerprint density at radius 1 is 1.24 bits per heavy atom. The zero-order chi connectivity index (χ0) is 15.5. The minimum Gasteiger partial charge on any atom is -0.459 e. The van der Waals surface area contributed by atoms with Crippen LogP contribution in [-0.4, -0.2) is 12.1 Å². The lowest BCUT2D eigenvalue weighted by Crippen LogP contribution is -2.18. The number of carbonyl (C=O) groups excluding carboxylic acids is 1. The maximum Gasteiger partial charge on any atom is 0.330 e. The third-order valence-electron chi connectivity index (χ3n) is 3.59. The van der Waals surface area contributed by atoms with Crippen LogP contribution in [-0.2, 0) is 16.0 Å². The fourth-order valence-corrected chi connectivity index (χ4v) is 2.37. The number of unbranched alkanes of at least 4 members (excludes halogenated alkanes) is 2. The molecule has 0 amide bonds. The van der Waals surface area contributed by atoms with E-state index in [0.29, 0.717) is 0 Å². The number of esters is 1. The first-order valence-corrected chi connectivity index (χ1v) is 7.74. The van der Waals surface area contributed by atoms with Crippen molar-refractivity contribution in [3.63, 3.8) is 0 Å². The second kappa shape index (κ2) is 9.98. The van der Waals surface area contributed by atoms with Crippen LogP contribution in [0.5, 0.6) is 0 Å². The van der Waals surface area contributed by atoms with E-state index in [9.17, 15) is 4.79 Å². The Labute approximate surface area is 128 Å². The highest BCUT2D eigenvalue weighted by molar-refractivity contribution is 5.81. The van der Waals surface area contributed by atoms with Gasteiger partial charge in [-0.2, -0.15) is 0 Å². The van der Waals surface area contributed by atoms with E-state index in [2.05, 4.69) is 32.2 Å². The Kier molecular flexibility index (Phi) is 8.18. The van der Waals surface area contributed by atoms with Crippen molar-refractivity contribution in [3.05, 3.63) is 54.6 Å². The number of ether oxygens (including phenoxy) is 1. The summed E-state index contributed by atoms with van der Waals surface area (Å²) in [6, 6.07) is 8.21. The summed E-state index contributed by atoms with van der Waals surface area (Å²) in [7, 11) is 0. The summed E-state index contributed by atoms with van der Waals surface area (Å²) in [5, 5.41) is 0. The van der Waals surface area contributed by atoms with Crippen molar-refractivity contribution < 1.29 is 9.53 Å². The first-order chi connectivity index (χ1) is 10.2. The zero-order valence-corrected chi connectivity index (χ0v) is 13.0. The van der Waals surface area contributed by atoms with Gasteiger partial charge >= 0.3 is 5.97 Å². The molecule has 0 N–H and O–H groups in total. The summed E-state index contributed by atoms with van der Waals surface area (Å²) in [5.41, 5.74) is 2.41. The monoisotopic (exact) mass is 286 g/mol. The third kappa shape index (κ3) is 6.44. The summed E-state index contributed by atoms with van der Waals surface area (Å²) < 4.78 is 5.46. The van der Waals surface area contributed by atoms with Gasteiger partial charge in [0.25, 0.3) is 0 Å². The lowest BCUT2D eigenvalue weighted by Gasteiger charge is -2.17. The molecule has 0 aliphatic rings. The first-order valence-electron chi connectivity index (χ1n) is 7.74. The largest absolute Gasteiger partial charge is 0.459 e. The minimum absolute atomic E-state index is 0.0279. The van der Waals surface area contributed by atoms with Crippen LogP contribution < -0.4 is 0 Å². The number of carbonyl (C=O) groups is 1. The van der Waals surface area contributed by atoms with Gasteiger partial charge in [-0.25, -0.2) is 4.79 Å². The molecule has 21 heavy (non-hydrogen) atoms. The number of hydrogen-bond donors (Lipinski definition) is 0. The van der Waals surface area contributed by atoms with E-state index in [4.69, 9.17) is 4.74 Å². The van der Waals surface area contributed by atoms with E-state index in [1.54, 1.807) is 0 Å². The highest BCUT2D eigenvalue weighted by Crippen LogP contribution is 2.17. The first kappa shape index (κ1) is 17.2. The summed E-state index contributed by atoms with van der Waals surface area (Å²) in [5.74, 6) is -0.325. The second-order valence-electron chi connectivity index (χ2n) is 5.20. The van der Waals surface area contributed by atoms with Crippen molar-refractivity contribution in [3.8, 4) is 0 Å². The molecule has 0 bridgehead atoms. The van der Waals surface area contributed by atoms with Gasteiger partial charge in [-0.3, -0.25) is 0 Å². The molecule has 1 aromatic carbocycles. The van der Waals surface area contributed by atoms with E-state index >= 15 is 0 Å². The van der Waals surface area contributed by atoms with E-state index in [1.165, 1.54) is 24.5 Å². The lowest BCUT2D eigenvalue weighted by atomic mass is 9.99. The average molecular weight is 286 g/mol. The van der Waals surface area contributed by atoms with Gasteiger partial charge in [0.2, 0.25) is 0 Å². The molecule has 2 nitrogen and oxygen atoms in total. The number of aryl methyl sites for hydroxylation is 1. The molecule has 0 aliphatic heterocycles. The van der Waals surface area contributed by atoms with Crippen LogP contribution in [0.2, 0.25) is 0 Å². The fourth-order valence-electron chi connectivity index (χ4n) is 2.37. The molecule has 0 heterocycles. The predicted octanol–water partition coefficient (Wildman–Crippen LogP) is 4.94. The topological polar surface area (TPSA) is 26.3 Å². The van der Waals surface area contributed by atoms with E-state index in [0.717, 1.165) is 31.2 Å². The molecule has 0 saturated heterocycles. The van der Waals surface area contributed by atoms with Crippen molar-refractivity contribution in [2.75, 3.05) is 0 Å². The Bertz CT molecular complexity index is 462. The molecular weight excluding hydrogens is 260 g/mol. The van der Waals surface area contributed by atoms with Crippen molar-refractivity contribution in [1.82, 2.24) is 0 Å². The second-order valence-corrected chi connectivity index (χ2v) is 5.20. The molecule has 0 radical (unpaired) electrons. The van der Waals surface area contributed by atoms with Gasteiger partial charge in [0.15, 0.2) is 0 Å². The SMILES string of the molecule is C=CC(=O)OC(CCCCC)CCc1ccccc1C=C. The van der Waals surface area contributed by atoms with Crippen molar-refractivity contribution in [2.24, 2.45) is 0 Å². The molecule has 2 heteroatoms. The van der Waals surface area contributed by atoms with Crippen molar-refractivity contribution in [2.45, 2.75) is 51.6 Å². The van der Waals surface area contributed by atoms with Gasteiger partial charge in [-0.05, 0) is 36.8 Å². The molecular formula is C19H26O2. The van der Waals surface area contributed by atoms with E-state index in [-0.39, 0.29) is 12.1 Å². The lowest BCUT2D eigenvalue weighted by molar-refractivity contribution is -0.143. The standard InChI is InChI=1S/C19H26O2/c1-4-7-8-13-18(21-19(20)6-3)15-14-17-12-10-9-11-16(17)5-2/h5-6,9-12,18H,2-4,7-8,13-15H2,1H3. The van der Waals surface area contributed by atoms with Crippen LogP contribution in [0.4, 0.5) is 0 Å². The third-order valence-corrected chi connectivity index (χ3v) is 3.59. The number of hydrogen-bond acceptors (Lipinski definition) is 2. The van der Waals surface area contributed by atoms with Gasteiger partial charge < -0.3 is 4.74 Å². The average Bonchev–Trinajstić information content (AvgIpc) is 2.52. The summed E-state index contributed by atoms with van der Waals surface area (Å²) in [6.07, 6.45) is 9.17. The van der Waals surface area contributed by atoms with Crippen LogP contribution in [0.25, 0.3) is 6.08 Å². The molecule has 1 rings (SSSR count). The maximum absolute atomic E-state index is 11.4. The van der Waals surface area contributed by atoms with Gasteiger partial charge in [0.05, 0.1) is 0 Å². The molecule has 1 atom stereocenters. The van der Waals surface area contributed by atoms with Gasteiger partial charge in [-0.15, -0.1) is 0 Å². The quantitative estimate of drug-likeness (QED) is 0.346. The van der Waals surface area contributed by atoms with Gasteiger partial charge in [0, 0.05) is 6.08 Å². The van der Waals surface area contributed by atoms with Crippen LogP contribution in [0.15, 0.2) is 43.5 Å². The van der Waals surface area contributed by atoms with Crippen LogP contribution in [0, 0.1) is 0 Å². The minimum atomic E-state index is -0.325. The molecule has 0 saturated carbocycles. The highest BCUT2D eigenvalue weighted by Gasteiger charge is 2.13. The maximum atomic E-state index is 11.4. The molecule has 114 valence electrons. The van der Waals surface area contributed by atoms with Gasteiger partial charge in [-0.1, -0.05) is 63.3 Å². The Balaban J connectivity index is 2.60. The Morgan fingerprint density at radius 2 is 2.00 bits per heavy atom. The van der Waals surface area contributed by atoms with Gasteiger partial charge in [0.1, 0.15) is 6.10 Å². The molecule has 0 spiro atoms. The fraction of sp³-hybridized carbons (Fsp3) is 0.421. The summed E-state index contributed by atoms with van der Waals surface area (Å²) in [4.78, 5) is 11.4. The number of rotatable bonds is 10. The molecule has 0 fully saturated rings. The zero-order valence-electron chi connectivity index (χ0n) is 13.0. The normalized spacial score (nSPS) is 11.7.